The molecule has 4 rings (SSSR count). The molecule has 31 heavy (non-hydrogen) atoms. The van der Waals surface area contributed by atoms with Crippen molar-refractivity contribution < 1.29 is 14.8 Å². The van der Waals surface area contributed by atoms with Gasteiger partial charge in [-0.15, -0.1) is 0 Å². The van der Waals surface area contributed by atoms with Crippen LogP contribution in [0.5, 0.6) is 0 Å². The zero-order chi connectivity index (χ0) is 22.0. The minimum atomic E-state index is 0.0651. The Morgan fingerprint density at radius 2 is 1.77 bits per heavy atom. The number of benzene rings is 2. The standard InChI is InChI=1S/C25H29N2O2S2/c1-4-17(13-24-26(5-2)20-11-18(15-28)7-9-22(20)30-24)14-25-27(6-3)21-12-19(16-29)8-10-23(21)31-25/h7-14,28-29H,4-6,15-16H2,1-3H3/q+1. The van der Waals surface area contributed by atoms with Crippen molar-refractivity contribution in [2.75, 3.05) is 11.4 Å². The summed E-state index contributed by atoms with van der Waals surface area (Å²) in [5, 5.41) is 21.5. The normalized spacial score (nSPS) is 15.3. The van der Waals surface area contributed by atoms with E-state index in [0.29, 0.717) is 0 Å². The maximum absolute atomic E-state index is 9.52. The van der Waals surface area contributed by atoms with Crippen molar-refractivity contribution in [2.24, 2.45) is 0 Å². The summed E-state index contributed by atoms with van der Waals surface area (Å²) in [7, 11) is 0. The molecule has 0 saturated heterocycles. The van der Waals surface area contributed by atoms with E-state index in [4.69, 9.17) is 0 Å². The summed E-state index contributed by atoms with van der Waals surface area (Å²) in [5.74, 6) is 0. The van der Waals surface area contributed by atoms with E-state index in [9.17, 15) is 10.2 Å². The minimum Gasteiger partial charge on any atom is -0.392 e. The highest BCUT2D eigenvalue weighted by atomic mass is 32.2. The molecule has 1 aromatic heterocycles. The van der Waals surface area contributed by atoms with Crippen molar-refractivity contribution >= 4 is 45.1 Å². The van der Waals surface area contributed by atoms with E-state index >= 15 is 0 Å². The van der Waals surface area contributed by atoms with Gasteiger partial charge in [0, 0.05) is 23.6 Å². The number of hydrogen-bond acceptors (Lipinski definition) is 5. The lowest BCUT2D eigenvalue weighted by atomic mass is 10.1. The van der Waals surface area contributed by atoms with Crippen molar-refractivity contribution in [2.45, 2.75) is 51.8 Å². The van der Waals surface area contributed by atoms with E-state index in [1.54, 1.807) is 23.1 Å². The number of thiazole rings is 1. The first-order valence-electron chi connectivity index (χ1n) is 10.8. The van der Waals surface area contributed by atoms with Crippen LogP contribution in [0.4, 0.5) is 5.69 Å². The first-order chi connectivity index (χ1) is 15.1. The van der Waals surface area contributed by atoms with Crippen LogP contribution in [0.3, 0.4) is 0 Å². The summed E-state index contributed by atoms with van der Waals surface area (Å²) in [6.07, 6.45) is 5.55. The fraction of sp³-hybridized carbons (Fsp3) is 0.320. The number of thioether (sulfide) groups is 1. The van der Waals surface area contributed by atoms with Gasteiger partial charge in [0.1, 0.15) is 11.2 Å². The largest absolute Gasteiger partial charge is 0.392 e. The number of fused-ring (bicyclic) bond motifs is 2. The summed E-state index contributed by atoms with van der Waals surface area (Å²) in [6.45, 7) is 8.44. The Morgan fingerprint density at radius 1 is 1.03 bits per heavy atom. The Kier molecular flexibility index (Phi) is 6.82. The van der Waals surface area contributed by atoms with Crippen LogP contribution in [-0.2, 0) is 19.8 Å². The third-order valence-electron chi connectivity index (χ3n) is 5.61. The minimum absolute atomic E-state index is 0.0651. The number of hydrogen-bond donors (Lipinski definition) is 2. The van der Waals surface area contributed by atoms with Gasteiger partial charge in [0.2, 0.25) is 5.52 Å². The third-order valence-corrected chi connectivity index (χ3v) is 7.84. The number of aryl methyl sites for hydroxylation is 1. The van der Waals surface area contributed by atoms with Gasteiger partial charge in [-0.05, 0) is 61.2 Å². The van der Waals surface area contributed by atoms with Gasteiger partial charge in [0.15, 0.2) is 0 Å². The lowest BCUT2D eigenvalue weighted by Gasteiger charge is -2.18. The number of anilines is 1. The van der Waals surface area contributed by atoms with E-state index in [1.165, 1.54) is 36.4 Å². The summed E-state index contributed by atoms with van der Waals surface area (Å²) in [5.41, 5.74) is 5.54. The second kappa shape index (κ2) is 9.57. The lowest BCUT2D eigenvalue weighted by Crippen LogP contribution is -2.33. The third kappa shape index (κ3) is 4.30. The Hall–Kier alpha value is -2.12. The highest BCUT2D eigenvalue weighted by molar-refractivity contribution is 8.03. The van der Waals surface area contributed by atoms with E-state index in [-0.39, 0.29) is 13.2 Å². The van der Waals surface area contributed by atoms with Gasteiger partial charge in [-0.1, -0.05) is 42.2 Å². The summed E-state index contributed by atoms with van der Waals surface area (Å²) < 4.78 is 3.57. The molecule has 0 atom stereocenters. The van der Waals surface area contributed by atoms with Gasteiger partial charge >= 0.3 is 0 Å². The average molecular weight is 454 g/mol. The molecule has 1 aliphatic heterocycles. The van der Waals surface area contributed by atoms with E-state index in [1.807, 2.05) is 12.1 Å². The highest BCUT2D eigenvalue weighted by Gasteiger charge is 2.25. The Morgan fingerprint density at radius 3 is 2.45 bits per heavy atom. The second-order valence-electron chi connectivity index (χ2n) is 7.51. The monoisotopic (exact) mass is 453 g/mol. The molecule has 4 nitrogen and oxygen atoms in total. The van der Waals surface area contributed by atoms with Crippen LogP contribution in [0.1, 0.15) is 43.3 Å². The molecular weight excluding hydrogens is 424 g/mol. The van der Waals surface area contributed by atoms with Crippen molar-refractivity contribution in [1.82, 2.24) is 0 Å². The molecule has 0 aliphatic carbocycles. The van der Waals surface area contributed by atoms with Crippen LogP contribution in [0, 0.1) is 0 Å². The summed E-state index contributed by atoms with van der Waals surface area (Å²) >= 11 is 3.59. The van der Waals surface area contributed by atoms with Gasteiger partial charge in [-0.2, -0.15) is 4.57 Å². The van der Waals surface area contributed by atoms with Crippen LogP contribution in [0.2, 0.25) is 0 Å². The summed E-state index contributed by atoms with van der Waals surface area (Å²) in [4.78, 5) is 3.57. The molecule has 0 spiro atoms. The predicted octanol–water partition coefficient (Wildman–Crippen LogP) is 5.46. The molecule has 2 N–H and O–H groups in total. The predicted molar refractivity (Wildman–Crippen MR) is 131 cm³/mol. The number of aromatic nitrogens is 1. The average Bonchev–Trinajstić information content (AvgIpc) is 3.33. The van der Waals surface area contributed by atoms with E-state index < -0.39 is 0 Å². The molecule has 0 radical (unpaired) electrons. The topological polar surface area (TPSA) is 47.6 Å². The molecule has 2 aromatic carbocycles. The number of aliphatic hydroxyl groups excluding tert-OH is 2. The molecule has 6 heteroatoms. The Labute approximate surface area is 192 Å². The van der Waals surface area contributed by atoms with Crippen LogP contribution >= 0.6 is 23.1 Å². The molecule has 0 amide bonds. The SMILES string of the molecule is CCC(=C/c1sc2ccc(CO)cc2[n+]1CC)/C=C1\Sc2ccc(CO)cc2N1CC. The molecule has 1 aliphatic rings. The Balaban J connectivity index is 1.73. The Bertz CT molecular complexity index is 1160. The molecule has 0 fully saturated rings. The molecule has 0 unspecified atom stereocenters. The van der Waals surface area contributed by atoms with Gasteiger partial charge in [-0.3, -0.25) is 0 Å². The highest BCUT2D eigenvalue weighted by Crippen LogP contribution is 2.46. The van der Waals surface area contributed by atoms with Crippen molar-refractivity contribution in [3.63, 3.8) is 0 Å². The van der Waals surface area contributed by atoms with Crippen molar-refractivity contribution in [1.29, 1.82) is 0 Å². The van der Waals surface area contributed by atoms with Gasteiger partial charge in [-0.25, -0.2) is 0 Å². The quantitative estimate of drug-likeness (QED) is 0.466. The number of nitrogens with zero attached hydrogens (tertiary/aromatic N) is 2. The fourth-order valence-electron chi connectivity index (χ4n) is 3.92. The molecule has 0 bridgehead atoms. The first-order valence-corrected chi connectivity index (χ1v) is 12.4. The van der Waals surface area contributed by atoms with E-state index in [0.717, 1.165) is 30.6 Å². The van der Waals surface area contributed by atoms with Crippen LogP contribution < -0.4 is 9.47 Å². The zero-order valence-corrected chi connectivity index (χ0v) is 19.9. The van der Waals surface area contributed by atoms with Gasteiger partial charge < -0.3 is 15.1 Å². The fourth-order valence-corrected chi connectivity index (χ4v) is 6.29. The molecule has 162 valence electrons. The maximum Gasteiger partial charge on any atom is 0.263 e. The summed E-state index contributed by atoms with van der Waals surface area (Å²) in [6, 6.07) is 12.4. The molecule has 0 saturated carbocycles. The van der Waals surface area contributed by atoms with Crippen LogP contribution in [0.15, 0.2) is 58.0 Å². The van der Waals surface area contributed by atoms with Gasteiger partial charge in [0.25, 0.3) is 5.01 Å². The smallest absolute Gasteiger partial charge is 0.263 e. The second-order valence-corrected chi connectivity index (χ2v) is 9.63. The van der Waals surface area contributed by atoms with Crippen LogP contribution in [0.25, 0.3) is 16.3 Å². The maximum atomic E-state index is 9.52. The molecule has 2 heterocycles. The van der Waals surface area contributed by atoms with Gasteiger partial charge in [0.05, 0.1) is 23.9 Å². The lowest BCUT2D eigenvalue weighted by molar-refractivity contribution is -0.665. The first kappa shape index (κ1) is 22.1. The molecule has 3 aromatic rings. The van der Waals surface area contributed by atoms with Crippen LogP contribution in [-0.4, -0.2) is 16.8 Å². The van der Waals surface area contributed by atoms with Crippen molar-refractivity contribution in [3.05, 3.63) is 69.2 Å². The van der Waals surface area contributed by atoms with E-state index in [2.05, 4.69) is 66.7 Å². The number of allylic oxidation sites excluding steroid dienone is 2. The zero-order valence-electron chi connectivity index (χ0n) is 18.3. The molecular formula is C25H29N2O2S2+. The number of rotatable bonds is 7. The number of aliphatic hydroxyl groups is 2. The van der Waals surface area contributed by atoms with Crippen molar-refractivity contribution in [3.8, 4) is 0 Å².